The van der Waals surface area contributed by atoms with Gasteiger partial charge in [0.25, 0.3) is 5.69 Å². The summed E-state index contributed by atoms with van der Waals surface area (Å²) in [4.78, 5) is 10.5. The van der Waals surface area contributed by atoms with Crippen LogP contribution in [0.25, 0.3) is 0 Å². The molecule has 0 aliphatic rings. The van der Waals surface area contributed by atoms with Gasteiger partial charge in [-0.3, -0.25) is 10.1 Å². The van der Waals surface area contributed by atoms with Crippen molar-refractivity contribution < 1.29 is 40.3 Å². The standard InChI is InChI=1S/C15H23NO5S.Ag/c1-8(2)11-7-12(9(3)4)15(22(19,20)21)13(10(5)6)14(11)16(17)18;/h7-10H,1-6H3,(H,19,20,21);/q;+1/p-1. The molecule has 1 aromatic rings. The van der Waals surface area contributed by atoms with Crippen molar-refractivity contribution in [3.63, 3.8) is 0 Å². The third-order valence-electron chi connectivity index (χ3n) is 3.60. The average molecular weight is 436 g/mol. The summed E-state index contributed by atoms with van der Waals surface area (Å²) in [6.07, 6.45) is 0. The van der Waals surface area contributed by atoms with Gasteiger partial charge < -0.3 is 4.55 Å². The molecule has 23 heavy (non-hydrogen) atoms. The molecule has 0 atom stereocenters. The van der Waals surface area contributed by atoms with Gasteiger partial charge in [-0.1, -0.05) is 41.5 Å². The van der Waals surface area contributed by atoms with Crippen molar-refractivity contribution >= 4 is 15.8 Å². The number of benzene rings is 1. The Bertz CT molecular complexity index is 696. The molecule has 0 saturated carbocycles. The van der Waals surface area contributed by atoms with Crippen LogP contribution >= 0.6 is 0 Å². The predicted molar refractivity (Wildman–Crippen MR) is 83.3 cm³/mol. The molecule has 6 nitrogen and oxygen atoms in total. The number of hydrogen-bond acceptors (Lipinski definition) is 5. The van der Waals surface area contributed by atoms with E-state index in [1.54, 1.807) is 27.7 Å². The van der Waals surface area contributed by atoms with Crippen molar-refractivity contribution in [2.24, 2.45) is 0 Å². The van der Waals surface area contributed by atoms with Crippen LogP contribution in [0.15, 0.2) is 11.0 Å². The fraction of sp³-hybridized carbons (Fsp3) is 0.600. The Hall–Kier alpha value is -0.730. The molecule has 0 radical (unpaired) electrons. The molecule has 0 bridgehead atoms. The number of nitro benzene ring substituents is 1. The predicted octanol–water partition coefficient (Wildman–Crippen LogP) is 3.87. The van der Waals surface area contributed by atoms with E-state index in [1.165, 1.54) is 6.07 Å². The van der Waals surface area contributed by atoms with Crippen LogP contribution in [0.1, 0.15) is 76.0 Å². The van der Waals surface area contributed by atoms with Gasteiger partial charge in [-0.2, -0.15) is 0 Å². The Morgan fingerprint density at radius 3 is 1.65 bits per heavy atom. The van der Waals surface area contributed by atoms with Gasteiger partial charge in [0.1, 0.15) is 10.1 Å². The summed E-state index contributed by atoms with van der Waals surface area (Å²) in [7, 11) is -4.81. The molecule has 8 heteroatoms. The SMILES string of the molecule is CC(C)c1cc(C(C)C)c(S(=O)(=O)[O-])c(C(C)C)c1[N+](=O)[O-].[Ag+]. The molecular weight excluding hydrogens is 414 g/mol. The average Bonchev–Trinajstić information content (AvgIpc) is 2.34. The van der Waals surface area contributed by atoms with Crippen LogP contribution in [0.5, 0.6) is 0 Å². The normalized spacial score (nSPS) is 11.9. The topological polar surface area (TPSA) is 100 Å². The van der Waals surface area contributed by atoms with Crippen LogP contribution in [0, 0.1) is 10.1 Å². The minimum absolute atomic E-state index is 0. The van der Waals surface area contributed by atoms with E-state index in [0.717, 1.165) is 0 Å². The smallest absolute Gasteiger partial charge is 0.744 e. The summed E-state index contributed by atoms with van der Waals surface area (Å²) in [6, 6.07) is 1.50. The van der Waals surface area contributed by atoms with E-state index in [-0.39, 0.29) is 45.5 Å². The fourth-order valence-corrected chi connectivity index (χ4v) is 3.79. The molecule has 0 aliphatic carbocycles. The second-order valence-electron chi connectivity index (χ2n) is 6.32. The Kier molecular flexibility index (Phi) is 7.64. The summed E-state index contributed by atoms with van der Waals surface area (Å²) >= 11 is 0. The van der Waals surface area contributed by atoms with Crippen molar-refractivity contribution in [1.82, 2.24) is 0 Å². The van der Waals surface area contributed by atoms with Gasteiger partial charge in [-0.05, 0) is 29.4 Å². The van der Waals surface area contributed by atoms with E-state index in [9.17, 15) is 23.1 Å². The Morgan fingerprint density at radius 2 is 1.39 bits per heavy atom. The largest absolute Gasteiger partial charge is 1.00 e. The van der Waals surface area contributed by atoms with Crippen LogP contribution in [-0.2, 0) is 32.5 Å². The van der Waals surface area contributed by atoms with E-state index >= 15 is 0 Å². The zero-order valence-corrected chi connectivity index (χ0v) is 16.3. The first kappa shape index (κ1) is 22.3. The zero-order chi connectivity index (χ0) is 17.4. The maximum atomic E-state index is 11.8. The first-order valence-corrected chi connectivity index (χ1v) is 8.61. The van der Waals surface area contributed by atoms with Crippen molar-refractivity contribution in [3.8, 4) is 0 Å². The molecule has 0 unspecified atom stereocenters. The molecule has 1 rings (SSSR count). The summed E-state index contributed by atoms with van der Waals surface area (Å²) in [5.41, 5.74) is 0.594. The van der Waals surface area contributed by atoms with Gasteiger partial charge in [0.2, 0.25) is 0 Å². The van der Waals surface area contributed by atoms with E-state index in [0.29, 0.717) is 11.1 Å². The van der Waals surface area contributed by atoms with Crippen molar-refractivity contribution in [1.29, 1.82) is 0 Å². The Labute approximate surface area is 153 Å². The van der Waals surface area contributed by atoms with Crippen LogP contribution in [0.2, 0.25) is 0 Å². The van der Waals surface area contributed by atoms with Gasteiger partial charge in [-0.25, -0.2) is 8.42 Å². The molecule has 0 fully saturated rings. The number of nitrogens with zero attached hydrogens (tertiary/aromatic N) is 1. The summed E-state index contributed by atoms with van der Waals surface area (Å²) in [6.45, 7) is 10.5. The summed E-state index contributed by atoms with van der Waals surface area (Å²) in [5.74, 6) is -0.830. The van der Waals surface area contributed by atoms with E-state index < -0.39 is 25.9 Å². The molecule has 0 aromatic heterocycles. The zero-order valence-electron chi connectivity index (χ0n) is 14.0. The maximum Gasteiger partial charge on any atom is 1.00 e. The van der Waals surface area contributed by atoms with E-state index in [2.05, 4.69) is 0 Å². The third-order valence-corrected chi connectivity index (χ3v) is 4.56. The second-order valence-corrected chi connectivity index (χ2v) is 7.64. The van der Waals surface area contributed by atoms with Gasteiger partial charge in [0.15, 0.2) is 0 Å². The first-order valence-electron chi connectivity index (χ1n) is 7.20. The van der Waals surface area contributed by atoms with Crippen LogP contribution < -0.4 is 0 Å². The fourth-order valence-electron chi connectivity index (χ4n) is 2.61. The first-order chi connectivity index (χ1) is 9.89. The molecular formula is C15H22AgNO5S. The van der Waals surface area contributed by atoms with E-state index in [1.807, 2.05) is 13.8 Å². The van der Waals surface area contributed by atoms with Gasteiger partial charge >= 0.3 is 22.4 Å². The summed E-state index contributed by atoms with van der Waals surface area (Å²) < 4.78 is 35.3. The molecule has 1 aromatic carbocycles. The minimum atomic E-state index is -4.81. The third kappa shape index (κ3) is 4.64. The maximum absolute atomic E-state index is 11.8. The second kappa shape index (κ2) is 7.90. The van der Waals surface area contributed by atoms with Gasteiger partial charge in [-0.15, -0.1) is 0 Å². The Morgan fingerprint density at radius 1 is 0.957 bits per heavy atom. The number of hydrogen-bond donors (Lipinski definition) is 0. The quantitative estimate of drug-likeness (QED) is 0.302. The molecule has 0 aliphatic heterocycles. The summed E-state index contributed by atoms with van der Waals surface area (Å²) in [5, 5.41) is 11.5. The van der Waals surface area contributed by atoms with Crippen LogP contribution in [0.3, 0.4) is 0 Å². The van der Waals surface area contributed by atoms with Crippen molar-refractivity contribution in [2.75, 3.05) is 0 Å². The van der Waals surface area contributed by atoms with Crippen LogP contribution in [-0.4, -0.2) is 17.9 Å². The van der Waals surface area contributed by atoms with Gasteiger partial charge in [0.05, 0.1) is 15.4 Å². The monoisotopic (exact) mass is 435 g/mol. The molecule has 134 valence electrons. The molecule has 0 heterocycles. The number of nitro groups is 1. The molecule has 0 amide bonds. The Balaban J connectivity index is 0.00000484. The number of rotatable bonds is 5. The van der Waals surface area contributed by atoms with E-state index in [4.69, 9.17) is 0 Å². The van der Waals surface area contributed by atoms with Crippen LogP contribution in [0.4, 0.5) is 5.69 Å². The minimum Gasteiger partial charge on any atom is -0.744 e. The molecule has 0 saturated heterocycles. The molecule has 0 spiro atoms. The van der Waals surface area contributed by atoms with Crippen molar-refractivity contribution in [3.05, 3.63) is 32.9 Å². The van der Waals surface area contributed by atoms with Crippen molar-refractivity contribution in [2.45, 2.75) is 64.2 Å². The van der Waals surface area contributed by atoms with Gasteiger partial charge in [0, 0.05) is 5.56 Å². The molecule has 0 N–H and O–H groups in total.